The summed E-state index contributed by atoms with van der Waals surface area (Å²) in [5.41, 5.74) is 2.92. The maximum atomic E-state index is 11.4. The third-order valence-electron chi connectivity index (χ3n) is 3.10. The van der Waals surface area contributed by atoms with Crippen molar-refractivity contribution in [2.75, 3.05) is 30.4 Å². The summed E-state index contributed by atoms with van der Waals surface area (Å²) in [4.78, 5) is 24.6. The Labute approximate surface area is 112 Å². The van der Waals surface area contributed by atoms with E-state index in [1.54, 1.807) is 6.92 Å². The predicted molar refractivity (Wildman–Crippen MR) is 73.3 cm³/mol. The number of nitrogens with zero attached hydrogens (tertiary/aromatic N) is 1. The lowest BCUT2D eigenvalue weighted by Gasteiger charge is -2.22. The molecule has 1 aromatic carbocycles. The zero-order valence-electron chi connectivity index (χ0n) is 11.2. The van der Waals surface area contributed by atoms with Gasteiger partial charge in [0.15, 0.2) is 0 Å². The Kier molecular flexibility index (Phi) is 4.04. The average Bonchev–Trinajstić information content (AvgIpc) is 2.38. The summed E-state index contributed by atoms with van der Waals surface area (Å²) in [5.74, 6) is -0.184. The van der Waals surface area contributed by atoms with Crippen LogP contribution in [0.15, 0.2) is 18.2 Å². The summed E-state index contributed by atoms with van der Waals surface area (Å²) in [6.07, 6.45) is 1.25. The summed E-state index contributed by atoms with van der Waals surface area (Å²) in [7, 11) is 1.85. The van der Waals surface area contributed by atoms with Crippen LogP contribution in [0, 0.1) is 0 Å². The topological polar surface area (TPSA) is 58.6 Å². The number of rotatable bonds is 4. The Balaban J connectivity index is 2.09. The first-order chi connectivity index (χ1) is 9.10. The number of carbonyl (C=O) groups excluding carboxylic acids is 2. The van der Waals surface area contributed by atoms with Gasteiger partial charge in [0.1, 0.15) is 6.54 Å². The molecule has 1 N–H and O–H groups in total. The van der Waals surface area contributed by atoms with E-state index in [9.17, 15) is 9.59 Å². The number of hydrogen-bond acceptors (Lipinski definition) is 4. The molecule has 0 fully saturated rings. The number of hydrogen-bond donors (Lipinski definition) is 1. The van der Waals surface area contributed by atoms with E-state index in [1.165, 1.54) is 0 Å². The number of anilines is 2. The van der Waals surface area contributed by atoms with Crippen molar-refractivity contribution >= 4 is 23.3 Å². The molecule has 0 atom stereocenters. The minimum atomic E-state index is -0.240. The van der Waals surface area contributed by atoms with E-state index in [0.29, 0.717) is 13.0 Å². The van der Waals surface area contributed by atoms with Crippen LogP contribution < -0.4 is 10.2 Å². The fraction of sp³-hybridized carbons (Fsp3) is 0.429. The van der Waals surface area contributed by atoms with Crippen LogP contribution in [-0.4, -0.2) is 32.1 Å². The fourth-order valence-corrected chi connectivity index (χ4v) is 2.10. The van der Waals surface area contributed by atoms with Gasteiger partial charge in [0.05, 0.1) is 6.61 Å². The highest BCUT2D eigenvalue weighted by atomic mass is 16.5. The quantitative estimate of drug-likeness (QED) is 0.837. The zero-order chi connectivity index (χ0) is 13.8. The van der Waals surface area contributed by atoms with Gasteiger partial charge in [0, 0.05) is 24.8 Å². The molecule has 5 heteroatoms. The smallest absolute Gasteiger partial charge is 0.325 e. The van der Waals surface area contributed by atoms with E-state index in [4.69, 9.17) is 4.74 Å². The van der Waals surface area contributed by atoms with Gasteiger partial charge in [-0.1, -0.05) is 0 Å². The summed E-state index contributed by atoms with van der Waals surface area (Å²) >= 11 is 0. The van der Waals surface area contributed by atoms with Gasteiger partial charge in [-0.2, -0.15) is 0 Å². The molecule has 1 aromatic rings. The molecule has 0 aromatic heterocycles. The molecule has 0 radical (unpaired) electrons. The Morgan fingerprint density at radius 1 is 1.42 bits per heavy atom. The van der Waals surface area contributed by atoms with E-state index in [2.05, 4.69) is 5.32 Å². The van der Waals surface area contributed by atoms with Crippen LogP contribution in [-0.2, 0) is 20.7 Å². The lowest BCUT2D eigenvalue weighted by molar-refractivity contribution is -0.141. The Morgan fingerprint density at radius 2 is 2.21 bits per heavy atom. The number of benzene rings is 1. The molecule has 0 saturated heterocycles. The molecule has 5 nitrogen and oxygen atoms in total. The van der Waals surface area contributed by atoms with Crippen LogP contribution in [0.2, 0.25) is 0 Å². The third-order valence-corrected chi connectivity index (χ3v) is 3.10. The first-order valence-corrected chi connectivity index (χ1v) is 6.39. The maximum Gasteiger partial charge on any atom is 0.325 e. The molecule has 0 saturated carbocycles. The summed E-state index contributed by atoms with van der Waals surface area (Å²) < 4.78 is 4.92. The van der Waals surface area contributed by atoms with Crippen LogP contribution >= 0.6 is 0 Å². The second-order valence-corrected chi connectivity index (χ2v) is 4.55. The van der Waals surface area contributed by atoms with Crippen molar-refractivity contribution in [2.45, 2.75) is 19.8 Å². The molecule has 102 valence electrons. The molecular weight excluding hydrogens is 244 g/mol. The van der Waals surface area contributed by atoms with Gasteiger partial charge in [-0.3, -0.25) is 9.59 Å². The van der Waals surface area contributed by atoms with Gasteiger partial charge in [-0.05, 0) is 37.1 Å². The first kappa shape index (κ1) is 13.4. The van der Waals surface area contributed by atoms with E-state index in [-0.39, 0.29) is 18.4 Å². The third kappa shape index (κ3) is 3.24. The normalized spacial score (nSPS) is 13.5. The Morgan fingerprint density at radius 3 is 2.95 bits per heavy atom. The summed E-state index contributed by atoms with van der Waals surface area (Å²) in [6.45, 7) is 2.40. The highest BCUT2D eigenvalue weighted by Gasteiger charge is 2.16. The van der Waals surface area contributed by atoms with Crippen LogP contribution in [0.5, 0.6) is 0 Å². The van der Waals surface area contributed by atoms with Crippen molar-refractivity contribution in [3.8, 4) is 0 Å². The molecule has 0 spiro atoms. The monoisotopic (exact) mass is 262 g/mol. The summed E-state index contributed by atoms with van der Waals surface area (Å²) in [5, 5.41) is 2.84. The van der Waals surface area contributed by atoms with Crippen LogP contribution in [0.25, 0.3) is 0 Å². The van der Waals surface area contributed by atoms with Crippen molar-refractivity contribution < 1.29 is 14.3 Å². The first-order valence-electron chi connectivity index (χ1n) is 6.39. The number of fused-ring (bicyclic) bond motifs is 1. The number of nitrogens with one attached hydrogen (secondary N) is 1. The highest BCUT2D eigenvalue weighted by Crippen LogP contribution is 2.27. The highest BCUT2D eigenvalue weighted by molar-refractivity contribution is 5.94. The van der Waals surface area contributed by atoms with Crippen molar-refractivity contribution in [3.63, 3.8) is 0 Å². The number of aryl methyl sites for hydroxylation is 1. The van der Waals surface area contributed by atoms with Crippen LogP contribution in [0.4, 0.5) is 11.4 Å². The largest absolute Gasteiger partial charge is 0.465 e. The predicted octanol–water partition coefficient (Wildman–Crippen LogP) is 1.57. The lowest BCUT2D eigenvalue weighted by atomic mass is 10.0. The second-order valence-electron chi connectivity index (χ2n) is 4.55. The van der Waals surface area contributed by atoms with Gasteiger partial charge in [-0.25, -0.2) is 0 Å². The van der Waals surface area contributed by atoms with Crippen molar-refractivity contribution in [1.29, 1.82) is 0 Å². The van der Waals surface area contributed by atoms with Crippen LogP contribution in [0.3, 0.4) is 0 Å². The van der Waals surface area contributed by atoms with Gasteiger partial charge < -0.3 is 15.0 Å². The Hall–Kier alpha value is -2.04. The number of carbonyl (C=O) groups is 2. The second kappa shape index (κ2) is 5.73. The molecule has 2 rings (SSSR count). The molecule has 0 unspecified atom stereocenters. The van der Waals surface area contributed by atoms with Gasteiger partial charge in [-0.15, -0.1) is 0 Å². The lowest BCUT2D eigenvalue weighted by Crippen LogP contribution is -2.27. The Bertz CT molecular complexity index is 499. The average molecular weight is 262 g/mol. The van der Waals surface area contributed by atoms with Crippen LogP contribution in [0.1, 0.15) is 18.9 Å². The molecule has 1 aliphatic heterocycles. The molecule has 1 heterocycles. The number of amides is 1. The zero-order valence-corrected chi connectivity index (χ0v) is 11.2. The number of ether oxygens (including phenoxy) is 1. The molecule has 0 bridgehead atoms. The summed E-state index contributed by atoms with van der Waals surface area (Å²) in [6, 6.07) is 5.78. The van der Waals surface area contributed by atoms with E-state index in [1.807, 2.05) is 30.1 Å². The number of esters is 1. The fourth-order valence-electron chi connectivity index (χ4n) is 2.10. The van der Waals surface area contributed by atoms with Crippen molar-refractivity contribution in [1.82, 2.24) is 0 Å². The minimum Gasteiger partial charge on any atom is -0.465 e. The van der Waals surface area contributed by atoms with Crippen molar-refractivity contribution in [2.24, 2.45) is 0 Å². The molecule has 1 aliphatic rings. The van der Waals surface area contributed by atoms with Gasteiger partial charge in [0.2, 0.25) is 5.91 Å². The SMILES string of the molecule is CCOC(=O)CN(C)c1ccc2c(c1)CCC(=O)N2. The van der Waals surface area contributed by atoms with E-state index in [0.717, 1.165) is 23.4 Å². The molecule has 1 amide bonds. The maximum absolute atomic E-state index is 11.4. The van der Waals surface area contributed by atoms with E-state index >= 15 is 0 Å². The molecule has 0 aliphatic carbocycles. The number of likely N-dealkylation sites (N-methyl/N-ethyl adjacent to an activating group) is 1. The molecule has 19 heavy (non-hydrogen) atoms. The minimum absolute atomic E-state index is 0.0557. The van der Waals surface area contributed by atoms with Gasteiger partial charge in [0.25, 0.3) is 0 Å². The standard InChI is InChI=1S/C14H18N2O3/c1-3-19-14(18)9-16(2)11-5-6-12-10(8-11)4-7-13(17)15-12/h5-6,8H,3-4,7,9H2,1-2H3,(H,15,17). The van der Waals surface area contributed by atoms with Crippen molar-refractivity contribution in [3.05, 3.63) is 23.8 Å². The van der Waals surface area contributed by atoms with E-state index < -0.39 is 0 Å². The molecular formula is C14H18N2O3. The van der Waals surface area contributed by atoms with Gasteiger partial charge >= 0.3 is 5.97 Å².